The van der Waals surface area contributed by atoms with Crippen LogP contribution in [0.4, 0.5) is 5.82 Å². The van der Waals surface area contributed by atoms with Crippen molar-refractivity contribution in [1.29, 1.82) is 0 Å². The van der Waals surface area contributed by atoms with Gasteiger partial charge in [-0.05, 0) is 25.0 Å². The molecule has 2 aromatic heterocycles. The number of rotatable bonds is 5. The van der Waals surface area contributed by atoms with Gasteiger partial charge in [-0.25, -0.2) is 4.98 Å². The van der Waals surface area contributed by atoms with Crippen molar-refractivity contribution < 1.29 is 0 Å². The Labute approximate surface area is 117 Å². The Bertz CT molecular complexity index is 519. The van der Waals surface area contributed by atoms with Crippen molar-refractivity contribution in [3.8, 4) is 0 Å². The highest BCUT2D eigenvalue weighted by atomic mass is 79.9. The van der Waals surface area contributed by atoms with Crippen LogP contribution in [-0.2, 0) is 5.33 Å². The lowest BCUT2D eigenvalue weighted by molar-refractivity contribution is 0.614. The summed E-state index contributed by atoms with van der Waals surface area (Å²) >= 11 is 3.58. The maximum Gasteiger partial charge on any atom is 0.152 e. The van der Waals surface area contributed by atoms with Gasteiger partial charge in [-0.3, -0.25) is 0 Å². The van der Waals surface area contributed by atoms with E-state index < -0.39 is 0 Å². The molecule has 0 N–H and O–H groups in total. The zero-order valence-electron chi connectivity index (χ0n) is 11.2. The van der Waals surface area contributed by atoms with Gasteiger partial charge >= 0.3 is 0 Å². The second-order valence-electron chi connectivity index (χ2n) is 4.88. The third-order valence-electron chi connectivity index (χ3n) is 3.00. The summed E-state index contributed by atoms with van der Waals surface area (Å²) in [7, 11) is 0. The monoisotopic (exact) mass is 309 g/mol. The van der Waals surface area contributed by atoms with Crippen molar-refractivity contribution in [2.45, 2.75) is 26.1 Å². The van der Waals surface area contributed by atoms with E-state index in [2.05, 4.69) is 58.3 Å². The quantitative estimate of drug-likeness (QED) is 0.785. The van der Waals surface area contributed by atoms with Gasteiger partial charge in [0.1, 0.15) is 5.65 Å². The minimum absolute atomic E-state index is 0.637. The van der Waals surface area contributed by atoms with Crippen LogP contribution < -0.4 is 4.90 Å². The van der Waals surface area contributed by atoms with Gasteiger partial charge in [-0.2, -0.15) is 0 Å². The average molecular weight is 310 g/mol. The molecule has 0 aromatic carbocycles. The number of anilines is 1. The number of alkyl halides is 1. The number of pyridine rings is 1. The lowest BCUT2D eigenvalue weighted by atomic mass is 10.2. The molecular weight excluding hydrogens is 290 g/mol. The summed E-state index contributed by atoms with van der Waals surface area (Å²) in [4.78, 5) is 7.12. The van der Waals surface area contributed by atoms with Crippen molar-refractivity contribution in [2.75, 3.05) is 18.0 Å². The van der Waals surface area contributed by atoms with E-state index in [1.807, 2.05) is 12.1 Å². The maximum atomic E-state index is 4.77. The number of hydrogen-bond acceptors (Lipinski definition) is 2. The van der Waals surface area contributed by atoms with Crippen LogP contribution in [0.3, 0.4) is 0 Å². The molecule has 0 aliphatic heterocycles. The van der Waals surface area contributed by atoms with Crippen LogP contribution in [0, 0.1) is 5.92 Å². The maximum absolute atomic E-state index is 4.77. The highest BCUT2D eigenvalue weighted by Gasteiger charge is 2.16. The molecule has 0 bridgehead atoms. The smallest absolute Gasteiger partial charge is 0.152 e. The second-order valence-corrected chi connectivity index (χ2v) is 5.44. The molecule has 2 rings (SSSR count). The first-order chi connectivity index (χ1) is 8.67. The van der Waals surface area contributed by atoms with Crippen molar-refractivity contribution >= 4 is 27.4 Å². The molecular formula is C14H20BrN3. The lowest BCUT2D eigenvalue weighted by Crippen LogP contribution is -2.28. The summed E-state index contributed by atoms with van der Waals surface area (Å²) in [5.74, 6) is 1.74. The minimum Gasteiger partial charge on any atom is -0.355 e. The Hall–Kier alpha value is -1.03. The largest absolute Gasteiger partial charge is 0.355 e. The molecule has 0 aliphatic carbocycles. The summed E-state index contributed by atoms with van der Waals surface area (Å²) in [6, 6.07) is 6.13. The van der Waals surface area contributed by atoms with Gasteiger partial charge in [0.25, 0.3) is 0 Å². The van der Waals surface area contributed by atoms with Crippen LogP contribution in [0.1, 0.15) is 26.5 Å². The van der Waals surface area contributed by atoms with Crippen LogP contribution in [-0.4, -0.2) is 22.5 Å². The lowest BCUT2D eigenvalue weighted by Gasteiger charge is -2.23. The van der Waals surface area contributed by atoms with Gasteiger partial charge in [0.05, 0.1) is 5.69 Å². The molecule has 0 radical (unpaired) electrons. The van der Waals surface area contributed by atoms with Gasteiger partial charge in [-0.15, -0.1) is 0 Å². The van der Waals surface area contributed by atoms with Crippen LogP contribution in [0.15, 0.2) is 24.4 Å². The molecule has 2 heterocycles. The van der Waals surface area contributed by atoms with E-state index in [-0.39, 0.29) is 0 Å². The van der Waals surface area contributed by atoms with Crippen LogP contribution in [0.5, 0.6) is 0 Å². The zero-order chi connectivity index (χ0) is 13.1. The third kappa shape index (κ3) is 2.53. The number of aromatic nitrogens is 2. The molecule has 0 fully saturated rings. The van der Waals surface area contributed by atoms with E-state index in [9.17, 15) is 0 Å². The molecule has 4 heteroatoms. The summed E-state index contributed by atoms with van der Waals surface area (Å²) in [6.07, 6.45) is 2.08. The number of hydrogen-bond donors (Lipinski definition) is 0. The SMILES string of the molecule is CCN(CC(C)C)c1nc2ccccn2c1CBr. The minimum atomic E-state index is 0.637. The molecule has 18 heavy (non-hydrogen) atoms. The Morgan fingerprint density at radius 2 is 2.17 bits per heavy atom. The topological polar surface area (TPSA) is 20.5 Å². The van der Waals surface area contributed by atoms with E-state index in [1.165, 1.54) is 5.69 Å². The standard InChI is InChI=1S/C14H20BrN3/c1-4-17(10-11(2)3)14-12(9-15)18-8-6-5-7-13(18)16-14/h5-8,11H,4,9-10H2,1-3H3. The Kier molecular flexibility index (Phi) is 4.27. The molecule has 0 spiro atoms. The molecule has 98 valence electrons. The summed E-state index contributed by atoms with van der Waals surface area (Å²) < 4.78 is 2.16. The van der Waals surface area contributed by atoms with Gasteiger partial charge in [-0.1, -0.05) is 35.8 Å². The zero-order valence-corrected chi connectivity index (χ0v) is 12.8. The number of nitrogens with zero attached hydrogens (tertiary/aromatic N) is 3. The van der Waals surface area contributed by atoms with Crippen molar-refractivity contribution in [2.24, 2.45) is 5.92 Å². The Morgan fingerprint density at radius 1 is 1.39 bits per heavy atom. The first-order valence-corrected chi connectivity index (χ1v) is 7.56. The fraction of sp³-hybridized carbons (Fsp3) is 0.500. The molecule has 2 aromatic rings. The van der Waals surface area contributed by atoms with Gasteiger partial charge < -0.3 is 9.30 Å². The van der Waals surface area contributed by atoms with Gasteiger partial charge in [0, 0.05) is 24.6 Å². The molecule has 0 saturated carbocycles. The van der Waals surface area contributed by atoms with E-state index in [1.54, 1.807) is 0 Å². The molecule has 3 nitrogen and oxygen atoms in total. The highest BCUT2D eigenvalue weighted by molar-refractivity contribution is 9.08. The normalized spacial score (nSPS) is 11.4. The average Bonchev–Trinajstić information content (AvgIpc) is 2.73. The van der Waals surface area contributed by atoms with Crippen LogP contribution in [0.2, 0.25) is 0 Å². The summed E-state index contributed by atoms with van der Waals surface area (Å²) in [6.45, 7) is 8.70. The molecule has 0 saturated heterocycles. The van der Waals surface area contributed by atoms with Crippen molar-refractivity contribution in [3.05, 3.63) is 30.1 Å². The van der Waals surface area contributed by atoms with Crippen LogP contribution in [0.25, 0.3) is 5.65 Å². The summed E-state index contributed by atoms with van der Waals surface area (Å²) in [5.41, 5.74) is 2.25. The Balaban J connectivity index is 2.48. The molecule has 0 atom stereocenters. The van der Waals surface area contributed by atoms with E-state index in [0.29, 0.717) is 5.92 Å². The van der Waals surface area contributed by atoms with E-state index in [4.69, 9.17) is 4.98 Å². The van der Waals surface area contributed by atoms with E-state index >= 15 is 0 Å². The highest BCUT2D eigenvalue weighted by Crippen LogP contribution is 2.24. The number of fused-ring (bicyclic) bond motifs is 1. The second kappa shape index (κ2) is 5.74. The predicted molar refractivity (Wildman–Crippen MR) is 80.5 cm³/mol. The molecule has 0 unspecified atom stereocenters. The first-order valence-electron chi connectivity index (χ1n) is 6.44. The first kappa shape index (κ1) is 13.4. The molecule has 0 amide bonds. The fourth-order valence-electron chi connectivity index (χ4n) is 2.22. The van der Waals surface area contributed by atoms with Gasteiger partial charge in [0.2, 0.25) is 0 Å². The number of imidazole rings is 1. The molecule has 0 aliphatic rings. The van der Waals surface area contributed by atoms with E-state index in [0.717, 1.165) is 29.9 Å². The predicted octanol–water partition coefficient (Wildman–Crippen LogP) is 3.71. The Morgan fingerprint density at radius 3 is 2.78 bits per heavy atom. The van der Waals surface area contributed by atoms with Crippen molar-refractivity contribution in [3.63, 3.8) is 0 Å². The van der Waals surface area contributed by atoms with Crippen molar-refractivity contribution in [1.82, 2.24) is 9.38 Å². The third-order valence-corrected chi connectivity index (χ3v) is 3.53. The summed E-state index contributed by atoms with van der Waals surface area (Å²) in [5, 5.41) is 0.822. The fourth-order valence-corrected chi connectivity index (χ4v) is 2.74. The number of halogens is 1. The van der Waals surface area contributed by atoms with Gasteiger partial charge in [0.15, 0.2) is 5.82 Å². The van der Waals surface area contributed by atoms with Crippen LogP contribution >= 0.6 is 15.9 Å².